The minimum atomic E-state index is -0.0513. The quantitative estimate of drug-likeness (QED) is 0.222. The van der Waals surface area contributed by atoms with Crippen LogP contribution in [0.2, 0.25) is 0 Å². The number of nitrogens with zero attached hydrogens (tertiary/aromatic N) is 4. The second-order valence-corrected chi connectivity index (χ2v) is 9.78. The summed E-state index contributed by atoms with van der Waals surface area (Å²) in [4.78, 5) is 20.9. The molecule has 0 fully saturated rings. The summed E-state index contributed by atoms with van der Waals surface area (Å²) in [5.74, 6) is 1.34. The van der Waals surface area contributed by atoms with E-state index in [0.717, 1.165) is 39.0 Å². The summed E-state index contributed by atoms with van der Waals surface area (Å²) in [5, 5.41) is 5.21. The van der Waals surface area contributed by atoms with E-state index in [4.69, 9.17) is 19.2 Å². The molecule has 0 N–H and O–H groups in total. The van der Waals surface area contributed by atoms with Crippen molar-refractivity contribution in [1.29, 1.82) is 0 Å². The highest BCUT2D eigenvalue weighted by Gasteiger charge is 2.22. The fourth-order valence-corrected chi connectivity index (χ4v) is 5.02. The van der Waals surface area contributed by atoms with E-state index in [0.29, 0.717) is 43.2 Å². The first-order chi connectivity index (χ1) is 19.6. The molecule has 1 aliphatic rings. The largest absolute Gasteiger partial charge is 0.454 e. The number of benzene rings is 3. The summed E-state index contributed by atoms with van der Waals surface area (Å²) in [6.07, 6.45) is 4.32. The standard InChI is InChI=1S/C32H30N4O4/c1-22-7-3-4-8-27(22)31-25(17-24-18-29-30(40-21-39-29)19-28(24)34-31)20-35(14-6-16-38-2)32(37)23-9-11-26(12-10-23)36-15-5-13-33-36/h3-5,7-13,15,17-19H,6,14,16,20-21H2,1-2H3. The molecule has 1 aliphatic heterocycles. The molecule has 3 heterocycles. The summed E-state index contributed by atoms with van der Waals surface area (Å²) >= 11 is 0. The number of carbonyl (C=O) groups is 1. The number of methoxy groups -OCH3 is 1. The van der Waals surface area contributed by atoms with E-state index in [1.807, 2.05) is 65.7 Å². The van der Waals surface area contributed by atoms with Crippen LogP contribution < -0.4 is 9.47 Å². The van der Waals surface area contributed by atoms with Crippen LogP contribution in [0.1, 0.15) is 27.9 Å². The van der Waals surface area contributed by atoms with E-state index in [-0.39, 0.29) is 12.7 Å². The maximum atomic E-state index is 13.9. The van der Waals surface area contributed by atoms with Crippen molar-refractivity contribution >= 4 is 16.8 Å². The monoisotopic (exact) mass is 534 g/mol. The van der Waals surface area contributed by atoms with Crippen molar-refractivity contribution in [2.75, 3.05) is 27.1 Å². The molecule has 0 radical (unpaired) electrons. The minimum Gasteiger partial charge on any atom is -0.454 e. The van der Waals surface area contributed by atoms with Crippen molar-refractivity contribution in [3.05, 3.63) is 102 Å². The maximum absolute atomic E-state index is 13.9. The number of rotatable bonds is 9. The Labute approximate surface area is 232 Å². The molecule has 1 amide bonds. The molecule has 0 spiro atoms. The number of hydrogen-bond acceptors (Lipinski definition) is 6. The van der Waals surface area contributed by atoms with Crippen molar-refractivity contribution in [2.24, 2.45) is 0 Å². The minimum absolute atomic E-state index is 0.0513. The van der Waals surface area contributed by atoms with Crippen LogP contribution in [0, 0.1) is 6.92 Å². The number of aryl methyl sites for hydroxylation is 1. The molecule has 0 aliphatic carbocycles. The number of ether oxygens (including phenoxy) is 3. The van der Waals surface area contributed by atoms with Crippen LogP contribution in [0.15, 0.2) is 85.2 Å². The Hall–Kier alpha value is -4.69. The van der Waals surface area contributed by atoms with Crippen LogP contribution in [0.3, 0.4) is 0 Å². The number of aromatic nitrogens is 3. The number of hydrogen-bond donors (Lipinski definition) is 0. The topological polar surface area (TPSA) is 78.7 Å². The lowest BCUT2D eigenvalue weighted by Crippen LogP contribution is -2.32. The van der Waals surface area contributed by atoms with Gasteiger partial charge in [0.05, 0.1) is 16.9 Å². The third-order valence-electron chi connectivity index (χ3n) is 7.10. The Morgan fingerprint density at radius 2 is 1.82 bits per heavy atom. The molecule has 6 rings (SSSR count). The summed E-state index contributed by atoms with van der Waals surface area (Å²) in [7, 11) is 1.67. The van der Waals surface area contributed by atoms with Gasteiger partial charge in [-0.2, -0.15) is 5.10 Å². The van der Waals surface area contributed by atoms with Gasteiger partial charge in [-0.15, -0.1) is 0 Å². The molecule has 3 aromatic carbocycles. The second-order valence-electron chi connectivity index (χ2n) is 9.78. The van der Waals surface area contributed by atoms with Gasteiger partial charge in [0.1, 0.15) is 0 Å². The van der Waals surface area contributed by atoms with Gasteiger partial charge in [0.15, 0.2) is 11.5 Å². The Morgan fingerprint density at radius 1 is 1.02 bits per heavy atom. The molecule has 0 atom stereocenters. The normalized spacial score (nSPS) is 12.2. The van der Waals surface area contributed by atoms with Crippen molar-refractivity contribution in [2.45, 2.75) is 19.9 Å². The third-order valence-corrected chi connectivity index (χ3v) is 7.10. The molecule has 8 nitrogen and oxygen atoms in total. The van der Waals surface area contributed by atoms with Crippen molar-refractivity contribution in [3.8, 4) is 28.4 Å². The molecule has 0 saturated carbocycles. The molecule has 8 heteroatoms. The summed E-state index contributed by atoms with van der Waals surface area (Å²) in [6.45, 7) is 3.77. The molecular weight excluding hydrogens is 504 g/mol. The van der Waals surface area contributed by atoms with Crippen LogP contribution >= 0.6 is 0 Å². The predicted molar refractivity (Wildman–Crippen MR) is 153 cm³/mol. The van der Waals surface area contributed by atoms with Crippen LogP contribution in [0.25, 0.3) is 27.8 Å². The fraction of sp³-hybridized carbons (Fsp3) is 0.219. The number of fused-ring (bicyclic) bond motifs is 2. The van der Waals surface area contributed by atoms with Crippen LogP contribution in [0.5, 0.6) is 11.5 Å². The maximum Gasteiger partial charge on any atom is 0.254 e. The van der Waals surface area contributed by atoms with E-state index in [1.165, 1.54) is 0 Å². The first kappa shape index (κ1) is 25.6. The van der Waals surface area contributed by atoms with E-state index < -0.39 is 0 Å². The van der Waals surface area contributed by atoms with Gasteiger partial charge in [-0.3, -0.25) is 4.79 Å². The van der Waals surface area contributed by atoms with E-state index in [2.05, 4.69) is 30.2 Å². The highest BCUT2D eigenvalue weighted by molar-refractivity contribution is 5.95. The zero-order valence-corrected chi connectivity index (χ0v) is 22.5. The van der Waals surface area contributed by atoms with Crippen molar-refractivity contribution in [3.63, 3.8) is 0 Å². The molecule has 0 bridgehead atoms. The first-order valence-electron chi connectivity index (χ1n) is 13.3. The molecule has 5 aromatic rings. The summed E-state index contributed by atoms with van der Waals surface area (Å²) in [6, 6.07) is 23.6. The average Bonchev–Trinajstić information content (AvgIpc) is 3.68. The Balaban J connectivity index is 1.39. The van der Waals surface area contributed by atoms with Gasteiger partial charge in [-0.1, -0.05) is 24.3 Å². The van der Waals surface area contributed by atoms with Crippen LogP contribution in [-0.2, 0) is 11.3 Å². The SMILES string of the molecule is COCCCN(Cc1cc2cc3c(cc2nc1-c1ccccc1C)OCO3)C(=O)c1ccc(-n2cccn2)cc1. The number of carbonyl (C=O) groups excluding carboxylic acids is 1. The average molecular weight is 535 g/mol. The van der Waals surface area contributed by atoms with Crippen LogP contribution in [0.4, 0.5) is 0 Å². The fourth-order valence-electron chi connectivity index (χ4n) is 5.02. The van der Waals surface area contributed by atoms with Gasteiger partial charge in [0.2, 0.25) is 6.79 Å². The first-order valence-corrected chi connectivity index (χ1v) is 13.3. The third kappa shape index (κ3) is 5.13. The molecule has 0 saturated heterocycles. The van der Waals surface area contributed by atoms with Gasteiger partial charge in [0.25, 0.3) is 5.91 Å². The number of amides is 1. The van der Waals surface area contributed by atoms with E-state index in [1.54, 1.807) is 18.0 Å². The zero-order valence-electron chi connectivity index (χ0n) is 22.5. The Morgan fingerprint density at radius 3 is 2.58 bits per heavy atom. The van der Waals surface area contributed by atoms with Gasteiger partial charge >= 0.3 is 0 Å². The summed E-state index contributed by atoms with van der Waals surface area (Å²) in [5.41, 5.74) is 6.28. The van der Waals surface area contributed by atoms with E-state index >= 15 is 0 Å². The molecular formula is C32H30N4O4. The molecule has 0 unspecified atom stereocenters. The van der Waals surface area contributed by atoms with Gasteiger partial charge < -0.3 is 19.1 Å². The lowest BCUT2D eigenvalue weighted by Gasteiger charge is -2.25. The smallest absolute Gasteiger partial charge is 0.254 e. The van der Waals surface area contributed by atoms with Gasteiger partial charge in [-0.05, 0) is 66.9 Å². The number of pyridine rings is 1. The zero-order chi connectivity index (χ0) is 27.5. The van der Waals surface area contributed by atoms with Crippen LogP contribution in [-0.4, -0.2) is 52.6 Å². The van der Waals surface area contributed by atoms with Crippen molar-refractivity contribution < 1.29 is 19.0 Å². The molecule has 40 heavy (non-hydrogen) atoms. The summed E-state index contributed by atoms with van der Waals surface area (Å²) < 4.78 is 18.3. The molecule has 2 aromatic heterocycles. The highest BCUT2D eigenvalue weighted by atomic mass is 16.7. The van der Waals surface area contributed by atoms with Crippen molar-refractivity contribution in [1.82, 2.24) is 19.7 Å². The van der Waals surface area contributed by atoms with E-state index in [9.17, 15) is 4.79 Å². The second kappa shape index (κ2) is 11.2. The highest BCUT2D eigenvalue weighted by Crippen LogP contribution is 2.38. The van der Waals surface area contributed by atoms with Gasteiger partial charge in [-0.25, -0.2) is 9.67 Å². The lowest BCUT2D eigenvalue weighted by atomic mass is 9.98. The van der Waals surface area contributed by atoms with Gasteiger partial charge in [0, 0.05) is 61.8 Å². The predicted octanol–water partition coefficient (Wildman–Crippen LogP) is 5.80. The Kier molecular flexibility index (Phi) is 7.16. The Bertz CT molecular complexity index is 1650. The lowest BCUT2D eigenvalue weighted by molar-refractivity contribution is 0.0724. The molecule has 202 valence electrons.